The van der Waals surface area contributed by atoms with Gasteiger partial charge in [0.05, 0.1) is 6.04 Å². The van der Waals surface area contributed by atoms with Crippen LogP contribution in [0.3, 0.4) is 0 Å². The van der Waals surface area contributed by atoms with Gasteiger partial charge in [-0.1, -0.05) is 46.3 Å². The van der Waals surface area contributed by atoms with Crippen molar-refractivity contribution in [1.82, 2.24) is 9.97 Å². The van der Waals surface area contributed by atoms with E-state index in [2.05, 4.69) is 68.6 Å². The van der Waals surface area contributed by atoms with Crippen LogP contribution in [0.15, 0.2) is 65.3 Å². The third kappa shape index (κ3) is 4.11. The van der Waals surface area contributed by atoms with Crippen molar-refractivity contribution in [3.63, 3.8) is 0 Å². The van der Waals surface area contributed by atoms with E-state index in [1.54, 1.807) is 6.20 Å². The number of anilines is 3. The Hall–Kier alpha value is -2.40. The predicted molar refractivity (Wildman–Crippen MR) is 103 cm³/mol. The Balaban J connectivity index is 1.73. The molecule has 5 heteroatoms. The summed E-state index contributed by atoms with van der Waals surface area (Å²) in [7, 11) is 0. The molecule has 2 N–H and O–H groups in total. The lowest BCUT2D eigenvalue weighted by Gasteiger charge is -2.15. The van der Waals surface area contributed by atoms with Gasteiger partial charge in [-0.05, 0) is 49.2 Å². The van der Waals surface area contributed by atoms with E-state index >= 15 is 0 Å². The summed E-state index contributed by atoms with van der Waals surface area (Å²) in [5.41, 5.74) is 3.37. The van der Waals surface area contributed by atoms with Crippen molar-refractivity contribution in [2.24, 2.45) is 0 Å². The van der Waals surface area contributed by atoms with E-state index in [0.717, 1.165) is 16.0 Å². The lowest BCUT2D eigenvalue weighted by atomic mass is 10.1. The summed E-state index contributed by atoms with van der Waals surface area (Å²) >= 11 is 3.51. The summed E-state index contributed by atoms with van der Waals surface area (Å²) in [5.74, 6) is 1.36. The molecule has 0 amide bonds. The van der Waals surface area contributed by atoms with Crippen LogP contribution >= 0.6 is 15.9 Å². The van der Waals surface area contributed by atoms with Gasteiger partial charge in [-0.25, -0.2) is 4.98 Å². The third-order valence-electron chi connectivity index (χ3n) is 3.73. The fourth-order valence-electron chi connectivity index (χ4n) is 2.39. The van der Waals surface area contributed by atoms with E-state index < -0.39 is 0 Å². The molecule has 0 saturated carbocycles. The van der Waals surface area contributed by atoms with E-state index in [0.29, 0.717) is 5.95 Å². The first kappa shape index (κ1) is 16.5. The van der Waals surface area contributed by atoms with Crippen LogP contribution in [0.25, 0.3) is 0 Å². The molecule has 0 spiro atoms. The monoisotopic (exact) mass is 382 g/mol. The number of hydrogen-bond acceptors (Lipinski definition) is 4. The molecule has 1 heterocycles. The van der Waals surface area contributed by atoms with Crippen molar-refractivity contribution in [3.05, 3.63) is 76.4 Å². The van der Waals surface area contributed by atoms with Crippen LogP contribution in [0, 0.1) is 6.92 Å². The number of aryl methyl sites for hydroxylation is 1. The molecule has 4 nitrogen and oxygen atoms in total. The Morgan fingerprint density at radius 2 is 1.83 bits per heavy atom. The highest BCUT2D eigenvalue weighted by Gasteiger charge is 2.07. The maximum Gasteiger partial charge on any atom is 0.225 e. The van der Waals surface area contributed by atoms with Crippen LogP contribution in [-0.4, -0.2) is 9.97 Å². The van der Waals surface area contributed by atoms with E-state index in [4.69, 9.17) is 0 Å². The zero-order chi connectivity index (χ0) is 16.9. The summed E-state index contributed by atoms with van der Waals surface area (Å²) in [5, 5.41) is 6.65. The van der Waals surface area contributed by atoms with Gasteiger partial charge in [-0.2, -0.15) is 4.98 Å². The zero-order valence-electron chi connectivity index (χ0n) is 13.6. The number of halogens is 1. The fourth-order valence-corrected chi connectivity index (χ4v) is 2.63. The van der Waals surface area contributed by atoms with Gasteiger partial charge >= 0.3 is 0 Å². The molecule has 0 fully saturated rings. The second kappa shape index (κ2) is 7.45. The minimum absolute atomic E-state index is 0.136. The molecule has 0 radical (unpaired) electrons. The Morgan fingerprint density at radius 1 is 1.04 bits per heavy atom. The summed E-state index contributed by atoms with van der Waals surface area (Å²) in [6.07, 6.45) is 1.75. The largest absolute Gasteiger partial charge is 0.348 e. The standard InChI is InChI=1S/C19H19BrN4/c1-13-12-16(8-9-17(13)20)23-18-10-11-21-19(24-18)22-14(2)15-6-4-3-5-7-15/h3-12,14H,1-2H3,(H2,21,22,23,24). The molecular formula is C19H19BrN4. The molecule has 3 aromatic rings. The highest BCUT2D eigenvalue weighted by Crippen LogP contribution is 2.23. The van der Waals surface area contributed by atoms with Gasteiger partial charge < -0.3 is 10.6 Å². The SMILES string of the molecule is Cc1cc(Nc2ccnc(NC(C)c3ccccc3)n2)ccc1Br. The van der Waals surface area contributed by atoms with Gasteiger partial charge in [-0.15, -0.1) is 0 Å². The zero-order valence-corrected chi connectivity index (χ0v) is 15.2. The number of nitrogens with zero attached hydrogens (tertiary/aromatic N) is 2. The number of nitrogens with one attached hydrogen (secondary N) is 2. The Kier molecular flexibility index (Phi) is 5.11. The van der Waals surface area contributed by atoms with Crippen LogP contribution in [0.5, 0.6) is 0 Å². The van der Waals surface area contributed by atoms with Crippen molar-refractivity contribution >= 4 is 33.4 Å². The minimum Gasteiger partial charge on any atom is -0.348 e. The molecule has 1 unspecified atom stereocenters. The predicted octanol–water partition coefficient (Wildman–Crippen LogP) is 5.46. The van der Waals surface area contributed by atoms with Crippen LogP contribution in [-0.2, 0) is 0 Å². The lowest BCUT2D eigenvalue weighted by molar-refractivity contribution is 0.861. The molecule has 1 atom stereocenters. The molecular weight excluding hydrogens is 364 g/mol. The minimum atomic E-state index is 0.136. The summed E-state index contributed by atoms with van der Waals surface area (Å²) < 4.78 is 1.09. The van der Waals surface area contributed by atoms with Gasteiger partial charge in [0.15, 0.2) is 0 Å². The summed E-state index contributed by atoms with van der Waals surface area (Å²) in [6, 6.07) is 18.4. The smallest absolute Gasteiger partial charge is 0.225 e. The second-order valence-electron chi connectivity index (χ2n) is 5.63. The second-order valence-corrected chi connectivity index (χ2v) is 6.49. The highest BCUT2D eigenvalue weighted by molar-refractivity contribution is 9.10. The van der Waals surface area contributed by atoms with Gasteiger partial charge in [0.2, 0.25) is 5.95 Å². The molecule has 0 aliphatic carbocycles. The lowest BCUT2D eigenvalue weighted by Crippen LogP contribution is -2.09. The van der Waals surface area contributed by atoms with Gasteiger partial charge in [0.25, 0.3) is 0 Å². The first-order chi connectivity index (χ1) is 11.6. The maximum absolute atomic E-state index is 4.54. The van der Waals surface area contributed by atoms with E-state index in [1.165, 1.54) is 11.1 Å². The normalized spacial score (nSPS) is 11.8. The molecule has 122 valence electrons. The Labute approximate surface area is 150 Å². The first-order valence-electron chi connectivity index (χ1n) is 7.79. The molecule has 1 aromatic heterocycles. The van der Waals surface area contributed by atoms with Crippen molar-refractivity contribution in [2.75, 3.05) is 10.6 Å². The van der Waals surface area contributed by atoms with E-state index in [-0.39, 0.29) is 6.04 Å². The van der Waals surface area contributed by atoms with Crippen LogP contribution in [0.2, 0.25) is 0 Å². The molecule has 2 aromatic carbocycles. The van der Waals surface area contributed by atoms with Crippen molar-refractivity contribution in [2.45, 2.75) is 19.9 Å². The molecule has 24 heavy (non-hydrogen) atoms. The number of rotatable bonds is 5. The van der Waals surface area contributed by atoms with Crippen LogP contribution in [0.4, 0.5) is 17.5 Å². The quantitative estimate of drug-likeness (QED) is 0.614. The van der Waals surface area contributed by atoms with Crippen LogP contribution < -0.4 is 10.6 Å². The first-order valence-corrected chi connectivity index (χ1v) is 8.59. The van der Waals surface area contributed by atoms with Gasteiger partial charge in [-0.3, -0.25) is 0 Å². The van der Waals surface area contributed by atoms with Gasteiger partial charge in [0.1, 0.15) is 5.82 Å². The molecule has 3 rings (SSSR count). The fraction of sp³-hybridized carbons (Fsp3) is 0.158. The molecule has 0 bridgehead atoms. The average Bonchev–Trinajstić information content (AvgIpc) is 2.59. The molecule has 0 saturated heterocycles. The van der Waals surface area contributed by atoms with E-state index in [9.17, 15) is 0 Å². The Bertz CT molecular complexity index is 821. The number of aromatic nitrogens is 2. The van der Waals surface area contributed by atoms with Crippen LogP contribution in [0.1, 0.15) is 24.1 Å². The van der Waals surface area contributed by atoms with Gasteiger partial charge in [0, 0.05) is 16.4 Å². The number of benzene rings is 2. The van der Waals surface area contributed by atoms with E-state index in [1.807, 2.05) is 36.4 Å². The summed E-state index contributed by atoms with van der Waals surface area (Å²) in [4.78, 5) is 8.85. The van der Waals surface area contributed by atoms with Crippen molar-refractivity contribution in [3.8, 4) is 0 Å². The average molecular weight is 383 g/mol. The maximum atomic E-state index is 4.54. The number of hydrogen-bond donors (Lipinski definition) is 2. The third-order valence-corrected chi connectivity index (χ3v) is 4.62. The topological polar surface area (TPSA) is 49.8 Å². The highest BCUT2D eigenvalue weighted by atomic mass is 79.9. The molecule has 0 aliphatic rings. The molecule has 0 aliphatic heterocycles. The summed E-state index contributed by atoms with van der Waals surface area (Å²) in [6.45, 7) is 4.15. The Morgan fingerprint density at radius 3 is 2.58 bits per heavy atom. The van der Waals surface area contributed by atoms with Crippen molar-refractivity contribution in [1.29, 1.82) is 0 Å². The van der Waals surface area contributed by atoms with Crippen molar-refractivity contribution < 1.29 is 0 Å².